The highest BCUT2D eigenvalue weighted by atomic mass is 32.1. The Bertz CT molecular complexity index is 768. The number of thiocarbonyl (C=S) groups is 1. The minimum atomic E-state index is 0.317. The predicted molar refractivity (Wildman–Crippen MR) is 98.9 cm³/mol. The Morgan fingerprint density at radius 3 is 2.79 bits per heavy atom. The molecule has 5 nitrogen and oxygen atoms in total. The summed E-state index contributed by atoms with van der Waals surface area (Å²) in [6, 6.07) is 17.1. The SMILES string of the molecule is CCNC(=S)N/N=C\c1ccccc1OCc1ccccc1C#N. The molecule has 0 amide bonds. The summed E-state index contributed by atoms with van der Waals surface area (Å²) in [6.07, 6.45) is 1.65. The maximum absolute atomic E-state index is 9.13. The van der Waals surface area contributed by atoms with Gasteiger partial charge < -0.3 is 10.1 Å². The van der Waals surface area contributed by atoms with Crippen molar-refractivity contribution in [3.63, 3.8) is 0 Å². The second kappa shape index (κ2) is 9.28. The fraction of sp³-hybridized carbons (Fsp3) is 0.167. The molecule has 0 spiro atoms. The van der Waals surface area contributed by atoms with Gasteiger partial charge >= 0.3 is 0 Å². The number of para-hydroxylation sites is 1. The number of hydrogen-bond donors (Lipinski definition) is 2. The average molecular weight is 338 g/mol. The van der Waals surface area contributed by atoms with E-state index in [1.165, 1.54) is 0 Å². The monoisotopic (exact) mass is 338 g/mol. The molecule has 122 valence electrons. The number of nitrogens with zero attached hydrogens (tertiary/aromatic N) is 2. The van der Waals surface area contributed by atoms with E-state index in [9.17, 15) is 0 Å². The lowest BCUT2D eigenvalue weighted by atomic mass is 10.1. The van der Waals surface area contributed by atoms with Crippen LogP contribution < -0.4 is 15.5 Å². The van der Waals surface area contributed by atoms with Gasteiger partial charge in [-0.2, -0.15) is 10.4 Å². The summed E-state index contributed by atoms with van der Waals surface area (Å²) >= 11 is 5.05. The van der Waals surface area contributed by atoms with Crippen molar-refractivity contribution in [3.05, 3.63) is 65.2 Å². The van der Waals surface area contributed by atoms with Gasteiger partial charge in [-0.25, -0.2) is 0 Å². The Kier molecular flexibility index (Phi) is 6.74. The molecule has 24 heavy (non-hydrogen) atoms. The third-order valence-corrected chi connectivity index (χ3v) is 3.38. The number of rotatable bonds is 6. The van der Waals surface area contributed by atoms with Crippen LogP contribution in [0.2, 0.25) is 0 Å². The van der Waals surface area contributed by atoms with Gasteiger partial charge in [-0.05, 0) is 37.3 Å². The van der Waals surface area contributed by atoms with Crippen LogP contribution in [0.3, 0.4) is 0 Å². The summed E-state index contributed by atoms with van der Waals surface area (Å²) < 4.78 is 5.85. The molecule has 0 aromatic heterocycles. The first-order valence-electron chi connectivity index (χ1n) is 7.51. The van der Waals surface area contributed by atoms with E-state index in [0.29, 0.717) is 23.0 Å². The Morgan fingerprint density at radius 1 is 1.25 bits per heavy atom. The third kappa shape index (κ3) is 5.07. The zero-order chi connectivity index (χ0) is 17.2. The third-order valence-electron chi connectivity index (χ3n) is 3.15. The van der Waals surface area contributed by atoms with Crippen molar-refractivity contribution in [2.45, 2.75) is 13.5 Å². The Hall–Kier alpha value is -2.91. The molecule has 2 N–H and O–H groups in total. The van der Waals surface area contributed by atoms with Crippen LogP contribution in [-0.4, -0.2) is 17.9 Å². The molecule has 0 aliphatic carbocycles. The van der Waals surface area contributed by atoms with Crippen LogP contribution >= 0.6 is 12.2 Å². The Balaban J connectivity index is 2.05. The molecular weight excluding hydrogens is 320 g/mol. The molecule has 0 fully saturated rings. The van der Waals surface area contributed by atoms with Gasteiger partial charge in [0.1, 0.15) is 12.4 Å². The number of hydrazone groups is 1. The molecule has 0 unspecified atom stereocenters. The van der Waals surface area contributed by atoms with E-state index < -0.39 is 0 Å². The molecule has 0 heterocycles. The standard InChI is InChI=1S/C18H18N4OS/c1-2-20-18(24)22-21-12-15-8-5-6-10-17(15)23-13-16-9-4-3-7-14(16)11-19/h3-10,12H,2,13H2,1H3,(H2,20,22,24)/b21-12-. The quantitative estimate of drug-likeness (QED) is 0.481. The van der Waals surface area contributed by atoms with Gasteiger partial charge in [0, 0.05) is 17.7 Å². The second-order valence-electron chi connectivity index (χ2n) is 4.82. The second-order valence-corrected chi connectivity index (χ2v) is 5.23. The number of benzene rings is 2. The van der Waals surface area contributed by atoms with E-state index in [-0.39, 0.29) is 0 Å². The summed E-state index contributed by atoms with van der Waals surface area (Å²) in [5.74, 6) is 0.685. The van der Waals surface area contributed by atoms with Crippen LogP contribution in [0.1, 0.15) is 23.6 Å². The summed E-state index contributed by atoms with van der Waals surface area (Å²) in [7, 11) is 0. The topological polar surface area (TPSA) is 69.4 Å². The maximum Gasteiger partial charge on any atom is 0.186 e. The van der Waals surface area contributed by atoms with E-state index in [0.717, 1.165) is 17.7 Å². The van der Waals surface area contributed by atoms with Crippen molar-refractivity contribution in [1.29, 1.82) is 5.26 Å². The number of nitriles is 1. The van der Waals surface area contributed by atoms with Crippen molar-refractivity contribution in [2.24, 2.45) is 5.10 Å². The van der Waals surface area contributed by atoms with Gasteiger partial charge in [-0.1, -0.05) is 30.3 Å². The summed E-state index contributed by atoms with van der Waals surface area (Å²) in [6.45, 7) is 3.01. The van der Waals surface area contributed by atoms with E-state index in [1.54, 1.807) is 12.3 Å². The molecule has 6 heteroatoms. The van der Waals surface area contributed by atoms with Crippen molar-refractivity contribution < 1.29 is 4.74 Å². The maximum atomic E-state index is 9.13. The number of ether oxygens (including phenoxy) is 1. The molecule has 0 saturated carbocycles. The van der Waals surface area contributed by atoms with Crippen molar-refractivity contribution in [3.8, 4) is 11.8 Å². The van der Waals surface area contributed by atoms with Gasteiger partial charge in [0.2, 0.25) is 0 Å². The molecular formula is C18H18N4OS. The lowest BCUT2D eigenvalue weighted by Gasteiger charge is -2.10. The first-order chi connectivity index (χ1) is 11.7. The van der Waals surface area contributed by atoms with Gasteiger partial charge in [-0.3, -0.25) is 5.43 Å². The first kappa shape index (κ1) is 17.4. The van der Waals surface area contributed by atoms with E-state index in [1.807, 2.05) is 49.4 Å². The van der Waals surface area contributed by atoms with Gasteiger partial charge in [0.25, 0.3) is 0 Å². The van der Waals surface area contributed by atoms with Gasteiger partial charge in [0.15, 0.2) is 5.11 Å². The molecule has 0 bridgehead atoms. The Labute approximate surface area is 147 Å². The Morgan fingerprint density at radius 2 is 2.00 bits per heavy atom. The van der Waals surface area contributed by atoms with Crippen LogP contribution in [0.5, 0.6) is 5.75 Å². The van der Waals surface area contributed by atoms with E-state index in [4.69, 9.17) is 22.2 Å². The van der Waals surface area contributed by atoms with Crippen LogP contribution in [0.15, 0.2) is 53.6 Å². The lowest BCUT2D eigenvalue weighted by molar-refractivity contribution is 0.305. The largest absolute Gasteiger partial charge is 0.488 e. The highest BCUT2D eigenvalue weighted by Crippen LogP contribution is 2.18. The molecule has 0 atom stereocenters. The highest BCUT2D eigenvalue weighted by Gasteiger charge is 2.04. The summed E-state index contributed by atoms with van der Waals surface area (Å²) in [4.78, 5) is 0. The molecule has 0 aliphatic heterocycles. The fourth-order valence-corrected chi connectivity index (χ4v) is 2.19. The van der Waals surface area contributed by atoms with E-state index >= 15 is 0 Å². The van der Waals surface area contributed by atoms with E-state index in [2.05, 4.69) is 21.9 Å². The molecule has 0 aliphatic rings. The lowest BCUT2D eigenvalue weighted by Crippen LogP contribution is -2.31. The molecule has 2 aromatic rings. The fourth-order valence-electron chi connectivity index (χ4n) is 1.99. The van der Waals surface area contributed by atoms with Crippen LogP contribution in [0, 0.1) is 11.3 Å². The van der Waals surface area contributed by atoms with Crippen molar-refractivity contribution >= 4 is 23.5 Å². The zero-order valence-corrected chi connectivity index (χ0v) is 14.1. The smallest absolute Gasteiger partial charge is 0.186 e. The van der Waals surface area contributed by atoms with Crippen LogP contribution in [0.25, 0.3) is 0 Å². The first-order valence-corrected chi connectivity index (χ1v) is 7.92. The van der Waals surface area contributed by atoms with Crippen LogP contribution in [-0.2, 0) is 6.61 Å². The zero-order valence-electron chi connectivity index (χ0n) is 13.3. The predicted octanol–water partition coefficient (Wildman–Crippen LogP) is 2.96. The van der Waals surface area contributed by atoms with Gasteiger partial charge in [-0.15, -0.1) is 0 Å². The van der Waals surface area contributed by atoms with Crippen molar-refractivity contribution in [1.82, 2.24) is 10.7 Å². The summed E-state index contributed by atoms with van der Waals surface area (Å²) in [5, 5.41) is 16.6. The minimum absolute atomic E-state index is 0.317. The molecule has 0 radical (unpaired) electrons. The number of nitrogens with one attached hydrogen (secondary N) is 2. The normalized spacial score (nSPS) is 10.2. The highest BCUT2D eigenvalue weighted by molar-refractivity contribution is 7.80. The van der Waals surface area contributed by atoms with Crippen LogP contribution in [0.4, 0.5) is 0 Å². The molecule has 2 aromatic carbocycles. The number of hydrogen-bond acceptors (Lipinski definition) is 4. The summed E-state index contributed by atoms with van der Waals surface area (Å²) in [5.41, 5.74) is 5.02. The molecule has 2 rings (SSSR count). The molecule has 0 saturated heterocycles. The average Bonchev–Trinajstić information content (AvgIpc) is 2.61. The minimum Gasteiger partial charge on any atom is -0.488 e. The van der Waals surface area contributed by atoms with Gasteiger partial charge in [0.05, 0.1) is 17.8 Å². The van der Waals surface area contributed by atoms with Crippen molar-refractivity contribution in [2.75, 3.05) is 6.54 Å².